The molecule has 130 valence electrons. The summed E-state index contributed by atoms with van der Waals surface area (Å²) in [5.41, 5.74) is -0.175. The van der Waals surface area contributed by atoms with Crippen LogP contribution in [0.1, 0.15) is 26.8 Å². The molecule has 0 spiro atoms. The summed E-state index contributed by atoms with van der Waals surface area (Å²) in [4.78, 5) is 29.5. The van der Waals surface area contributed by atoms with Gasteiger partial charge in [-0.3, -0.25) is 14.9 Å². The highest BCUT2D eigenvalue weighted by molar-refractivity contribution is 5.92. The van der Waals surface area contributed by atoms with Gasteiger partial charge >= 0.3 is 0 Å². The zero-order chi connectivity index (χ0) is 18.0. The van der Waals surface area contributed by atoms with Crippen molar-refractivity contribution in [1.29, 1.82) is 0 Å². The lowest BCUT2D eigenvalue weighted by atomic mass is 10.1. The highest BCUT2D eigenvalue weighted by Gasteiger charge is 2.19. The summed E-state index contributed by atoms with van der Waals surface area (Å²) >= 11 is 0. The second-order valence-corrected chi connectivity index (χ2v) is 6.58. The number of benzene rings is 1. The van der Waals surface area contributed by atoms with Gasteiger partial charge < -0.3 is 9.13 Å². The summed E-state index contributed by atoms with van der Waals surface area (Å²) in [6, 6.07) is 8.57. The monoisotopic (exact) mass is 338 g/mol. The molecule has 25 heavy (non-hydrogen) atoms. The molecule has 3 aromatic rings. The second-order valence-electron chi connectivity index (χ2n) is 6.58. The summed E-state index contributed by atoms with van der Waals surface area (Å²) in [7, 11) is 0. The zero-order valence-electron chi connectivity index (χ0n) is 14.6. The standard InChI is InChI=1S/C19H22N4O2/c1-13(2)12-22-11-9-20-19(22)21-17(24)14(3)23-10-8-15-6-4-5-7-16(15)18(23)25/h4-11,13-14H,12H2,1-3H3,(H,20,21,24)/t14-/m0/s1. The molecule has 0 aliphatic carbocycles. The Morgan fingerprint density at radius 3 is 2.68 bits per heavy atom. The van der Waals surface area contributed by atoms with Crippen molar-refractivity contribution in [3.05, 3.63) is 59.3 Å². The Hall–Kier alpha value is -2.89. The minimum atomic E-state index is -0.638. The van der Waals surface area contributed by atoms with Crippen molar-refractivity contribution in [1.82, 2.24) is 14.1 Å². The van der Waals surface area contributed by atoms with Crippen LogP contribution in [0.4, 0.5) is 5.95 Å². The molecule has 1 atom stereocenters. The average molecular weight is 338 g/mol. The Labute approximate surface area is 146 Å². The topological polar surface area (TPSA) is 68.9 Å². The van der Waals surface area contributed by atoms with Gasteiger partial charge in [0.25, 0.3) is 5.56 Å². The van der Waals surface area contributed by atoms with E-state index in [2.05, 4.69) is 24.1 Å². The number of nitrogens with one attached hydrogen (secondary N) is 1. The SMILES string of the molecule is CC(C)Cn1ccnc1NC(=O)[C@H](C)n1ccc2ccccc2c1=O. The maximum absolute atomic E-state index is 12.7. The van der Waals surface area contributed by atoms with Crippen molar-refractivity contribution in [2.24, 2.45) is 5.92 Å². The number of carbonyl (C=O) groups excluding carboxylic acids is 1. The Kier molecular flexibility index (Phi) is 4.70. The van der Waals surface area contributed by atoms with E-state index in [1.54, 1.807) is 25.4 Å². The van der Waals surface area contributed by atoms with Crippen molar-refractivity contribution in [2.75, 3.05) is 5.32 Å². The largest absolute Gasteiger partial charge is 0.317 e. The lowest BCUT2D eigenvalue weighted by Gasteiger charge is -2.16. The summed E-state index contributed by atoms with van der Waals surface area (Å²) in [5.74, 6) is 0.665. The molecular weight excluding hydrogens is 316 g/mol. The van der Waals surface area contributed by atoms with Crippen LogP contribution in [0.3, 0.4) is 0 Å². The van der Waals surface area contributed by atoms with E-state index >= 15 is 0 Å². The molecule has 0 radical (unpaired) electrons. The molecule has 0 aliphatic heterocycles. The first-order chi connectivity index (χ1) is 12.0. The van der Waals surface area contributed by atoms with E-state index in [1.165, 1.54) is 4.57 Å². The number of aromatic nitrogens is 3. The highest BCUT2D eigenvalue weighted by Crippen LogP contribution is 2.14. The van der Waals surface area contributed by atoms with Crippen LogP contribution in [0.2, 0.25) is 0 Å². The number of fused-ring (bicyclic) bond motifs is 1. The summed E-state index contributed by atoms with van der Waals surface area (Å²) in [6.07, 6.45) is 5.16. The zero-order valence-corrected chi connectivity index (χ0v) is 14.6. The number of amides is 1. The molecule has 2 heterocycles. The third kappa shape index (κ3) is 3.47. The van der Waals surface area contributed by atoms with Crippen molar-refractivity contribution in [3.63, 3.8) is 0 Å². The van der Waals surface area contributed by atoms with Crippen molar-refractivity contribution in [3.8, 4) is 0 Å². The molecule has 1 aromatic carbocycles. The van der Waals surface area contributed by atoms with Gasteiger partial charge in [0.05, 0.1) is 0 Å². The quantitative estimate of drug-likeness (QED) is 0.777. The average Bonchev–Trinajstić information content (AvgIpc) is 3.01. The number of pyridine rings is 1. The molecule has 0 aliphatic rings. The van der Waals surface area contributed by atoms with E-state index in [0.717, 1.165) is 11.9 Å². The minimum absolute atomic E-state index is 0.175. The van der Waals surface area contributed by atoms with Gasteiger partial charge in [-0.15, -0.1) is 0 Å². The number of rotatable bonds is 5. The van der Waals surface area contributed by atoms with Crippen molar-refractivity contribution < 1.29 is 4.79 Å². The van der Waals surface area contributed by atoms with Gasteiger partial charge in [-0.25, -0.2) is 4.98 Å². The summed E-state index contributed by atoms with van der Waals surface area (Å²) < 4.78 is 3.35. The van der Waals surface area contributed by atoms with Gasteiger partial charge in [-0.2, -0.15) is 0 Å². The van der Waals surface area contributed by atoms with Crippen LogP contribution in [0.5, 0.6) is 0 Å². The maximum atomic E-state index is 12.7. The molecule has 3 rings (SSSR count). The first-order valence-corrected chi connectivity index (χ1v) is 8.39. The van der Waals surface area contributed by atoms with Crippen LogP contribution in [-0.4, -0.2) is 20.0 Å². The first kappa shape index (κ1) is 17.0. The van der Waals surface area contributed by atoms with Crippen LogP contribution >= 0.6 is 0 Å². The van der Waals surface area contributed by atoms with Crippen molar-refractivity contribution in [2.45, 2.75) is 33.4 Å². The molecule has 0 saturated heterocycles. The molecule has 0 bridgehead atoms. The van der Waals surface area contributed by atoms with Gasteiger partial charge in [0.1, 0.15) is 6.04 Å². The Bertz CT molecular complexity index is 955. The highest BCUT2D eigenvalue weighted by atomic mass is 16.2. The Morgan fingerprint density at radius 1 is 1.16 bits per heavy atom. The fourth-order valence-electron chi connectivity index (χ4n) is 2.82. The smallest absolute Gasteiger partial charge is 0.259 e. The van der Waals surface area contributed by atoms with Gasteiger partial charge in [0.2, 0.25) is 11.9 Å². The lowest BCUT2D eigenvalue weighted by molar-refractivity contribution is -0.118. The van der Waals surface area contributed by atoms with Gasteiger partial charge in [0, 0.05) is 30.5 Å². The number of hydrogen-bond donors (Lipinski definition) is 1. The predicted molar refractivity (Wildman–Crippen MR) is 98.6 cm³/mol. The molecule has 0 saturated carbocycles. The molecule has 1 N–H and O–H groups in total. The molecule has 0 unspecified atom stereocenters. The fraction of sp³-hybridized carbons (Fsp3) is 0.316. The number of nitrogens with zero attached hydrogens (tertiary/aromatic N) is 3. The minimum Gasteiger partial charge on any atom is -0.317 e. The lowest BCUT2D eigenvalue weighted by Crippen LogP contribution is -2.32. The molecular formula is C19H22N4O2. The Morgan fingerprint density at radius 2 is 1.92 bits per heavy atom. The Balaban J connectivity index is 1.85. The second kappa shape index (κ2) is 6.93. The summed E-state index contributed by atoms with van der Waals surface area (Å²) in [6.45, 7) is 6.67. The number of anilines is 1. The van der Waals surface area contributed by atoms with E-state index in [9.17, 15) is 9.59 Å². The van der Waals surface area contributed by atoms with Crippen LogP contribution in [0, 0.1) is 5.92 Å². The normalized spacial score (nSPS) is 12.5. The van der Waals surface area contributed by atoms with E-state index in [0.29, 0.717) is 17.3 Å². The van der Waals surface area contributed by atoms with Crippen LogP contribution in [0.25, 0.3) is 10.8 Å². The molecule has 2 aromatic heterocycles. The van der Waals surface area contributed by atoms with Crippen LogP contribution in [0.15, 0.2) is 53.7 Å². The van der Waals surface area contributed by atoms with Gasteiger partial charge in [-0.1, -0.05) is 32.0 Å². The van der Waals surface area contributed by atoms with Crippen LogP contribution in [-0.2, 0) is 11.3 Å². The number of carbonyl (C=O) groups is 1. The van der Waals surface area contributed by atoms with E-state index in [4.69, 9.17) is 0 Å². The van der Waals surface area contributed by atoms with E-state index < -0.39 is 6.04 Å². The van der Waals surface area contributed by atoms with Crippen LogP contribution < -0.4 is 10.9 Å². The molecule has 6 heteroatoms. The predicted octanol–water partition coefficient (Wildman–Crippen LogP) is 3.05. The van der Waals surface area contributed by atoms with Gasteiger partial charge in [0.15, 0.2) is 0 Å². The van der Waals surface area contributed by atoms with E-state index in [1.807, 2.05) is 35.0 Å². The van der Waals surface area contributed by atoms with E-state index in [-0.39, 0.29) is 11.5 Å². The third-order valence-electron chi connectivity index (χ3n) is 4.15. The fourth-order valence-corrected chi connectivity index (χ4v) is 2.82. The summed E-state index contributed by atoms with van der Waals surface area (Å²) in [5, 5.41) is 4.29. The number of hydrogen-bond acceptors (Lipinski definition) is 3. The van der Waals surface area contributed by atoms with Gasteiger partial charge in [-0.05, 0) is 30.4 Å². The number of imidazole rings is 1. The maximum Gasteiger partial charge on any atom is 0.259 e. The molecule has 0 fully saturated rings. The molecule has 1 amide bonds. The third-order valence-corrected chi connectivity index (χ3v) is 4.15. The molecule has 6 nitrogen and oxygen atoms in total. The van der Waals surface area contributed by atoms with Crippen molar-refractivity contribution >= 4 is 22.6 Å². The first-order valence-electron chi connectivity index (χ1n) is 8.39.